The van der Waals surface area contributed by atoms with Crippen molar-refractivity contribution >= 4 is 6.29 Å². The van der Waals surface area contributed by atoms with Gasteiger partial charge in [0.15, 0.2) is 0 Å². The summed E-state index contributed by atoms with van der Waals surface area (Å²) in [4.78, 5) is 10.5. The summed E-state index contributed by atoms with van der Waals surface area (Å²) in [6.45, 7) is 1.15. The normalized spacial score (nSPS) is 9.91. The van der Waals surface area contributed by atoms with Gasteiger partial charge < -0.3 is 14.6 Å². The van der Waals surface area contributed by atoms with E-state index in [-0.39, 0.29) is 6.61 Å². The molecule has 4 rings (SSSR count). The predicted molar refractivity (Wildman–Crippen MR) is 126 cm³/mol. The lowest BCUT2D eigenvalue weighted by Gasteiger charge is -2.06. The molecular weight excluding hydrogens is 400 g/mol. The minimum Gasteiger partial charge on any atom is -0.489 e. The Balaban J connectivity index is 0.000000181. The third-order valence-electron chi connectivity index (χ3n) is 4.62. The van der Waals surface area contributed by atoms with Crippen LogP contribution in [0.5, 0.6) is 11.5 Å². The van der Waals surface area contributed by atoms with Gasteiger partial charge in [0.25, 0.3) is 0 Å². The molecule has 4 heteroatoms. The number of carbonyl (C=O) groups excluding carboxylic acids is 1. The first-order chi connectivity index (χ1) is 15.8. The summed E-state index contributed by atoms with van der Waals surface area (Å²) in [5, 5.41) is 8.91. The van der Waals surface area contributed by atoms with Crippen LogP contribution in [0.3, 0.4) is 0 Å². The second kappa shape index (κ2) is 12.7. The van der Waals surface area contributed by atoms with Crippen molar-refractivity contribution in [1.29, 1.82) is 0 Å². The van der Waals surface area contributed by atoms with Gasteiger partial charge in [0.1, 0.15) is 31.0 Å². The van der Waals surface area contributed by atoms with Gasteiger partial charge in [-0.25, -0.2) is 0 Å². The Morgan fingerprint density at radius 1 is 0.562 bits per heavy atom. The number of ether oxygens (including phenoxy) is 2. The number of carbonyl (C=O) groups is 1. The highest BCUT2D eigenvalue weighted by atomic mass is 16.5. The number of hydrogen-bond acceptors (Lipinski definition) is 4. The zero-order valence-corrected chi connectivity index (χ0v) is 17.8. The van der Waals surface area contributed by atoms with Crippen molar-refractivity contribution in [3.8, 4) is 11.5 Å². The van der Waals surface area contributed by atoms with Gasteiger partial charge in [-0.3, -0.25) is 4.79 Å². The molecule has 0 aliphatic carbocycles. The maximum atomic E-state index is 10.5. The van der Waals surface area contributed by atoms with Gasteiger partial charge >= 0.3 is 0 Å². The Hall–Kier alpha value is -3.89. The topological polar surface area (TPSA) is 55.8 Å². The molecule has 0 aliphatic heterocycles. The fourth-order valence-corrected chi connectivity index (χ4v) is 2.80. The zero-order chi connectivity index (χ0) is 22.4. The van der Waals surface area contributed by atoms with Gasteiger partial charge in [0.2, 0.25) is 0 Å². The number of rotatable bonds is 8. The van der Waals surface area contributed by atoms with E-state index in [1.165, 1.54) is 0 Å². The smallest absolute Gasteiger partial charge is 0.150 e. The molecule has 0 amide bonds. The van der Waals surface area contributed by atoms with Crippen LogP contribution in [0.25, 0.3) is 0 Å². The standard InChI is InChI=1S/C14H14O2.C14H12O2/c2*15-10-12-6-8-13(9-7-12)11-16-14-4-2-1-3-5-14/h1-9,15H,10-11H2;1-10H,11H2. The molecule has 1 N–H and O–H groups in total. The van der Waals surface area contributed by atoms with Crippen LogP contribution < -0.4 is 9.47 Å². The molecule has 0 unspecified atom stereocenters. The van der Waals surface area contributed by atoms with Crippen molar-refractivity contribution in [3.05, 3.63) is 131 Å². The Morgan fingerprint density at radius 3 is 1.38 bits per heavy atom. The molecule has 0 aromatic heterocycles. The van der Waals surface area contributed by atoms with Crippen molar-refractivity contribution < 1.29 is 19.4 Å². The first kappa shape index (κ1) is 22.8. The van der Waals surface area contributed by atoms with Crippen LogP contribution >= 0.6 is 0 Å². The molecule has 162 valence electrons. The maximum absolute atomic E-state index is 10.5. The third kappa shape index (κ3) is 7.74. The van der Waals surface area contributed by atoms with Crippen LogP contribution in [0, 0.1) is 0 Å². The fourth-order valence-electron chi connectivity index (χ4n) is 2.80. The Bertz CT molecular complexity index is 1040. The first-order valence-electron chi connectivity index (χ1n) is 10.4. The molecule has 4 aromatic rings. The summed E-state index contributed by atoms with van der Waals surface area (Å²) in [5.74, 6) is 1.72. The lowest BCUT2D eigenvalue weighted by molar-refractivity contribution is 0.112. The molecule has 0 atom stereocenters. The first-order valence-corrected chi connectivity index (χ1v) is 10.4. The molecule has 0 fully saturated rings. The monoisotopic (exact) mass is 426 g/mol. The molecule has 4 aromatic carbocycles. The van der Waals surface area contributed by atoms with Crippen LogP contribution in [-0.4, -0.2) is 11.4 Å². The lowest BCUT2D eigenvalue weighted by atomic mass is 10.1. The number of para-hydroxylation sites is 2. The Labute approximate surface area is 188 Å². The van der Waals surface area contributed by atoms with Crippen LogP contribution in [0.1, 0.15) is 27.0 Å². The van der Waals surface area contributed by atoms with E-state index in [1.54, 1.807) is 12.1 Å². The number of aliphatic hydroxyl groups is 1. The van der Waals surface area contributed by atoms with E-state index >= 15 is 0 Å². The number of benzene rings is 4. The molecule has 0 saturated heterocycles. The Morgan fingerprint density at radius 2 is 0.969 bits per heavy atom. The van der Waals surface area contributed by atoms with Crippen LogP contribution in [0.4, 0.5) is 0 Å². The Kier molecular flexibility index (Phi) is 9.06. The SMILES string of the molecule is O=Cc1ccc(COc2ccccc2)cc1.OCc1ccc(COc2ccccc2)cc1. The van der Waals surface area contributed by atoms with E-state index in [0.29, 0.717) is 18.8 Å². The summed E-state index contributed by atoms with van der Waals surface area (Å²) in [6, 6.07) is 34.5. The predicted octanol–water partition coefficient (Wildman–Crippen LogP) is 5.84. The van der Waals surface area contributed by atoms with Crippen molar-refractivity contribution in [2.75, 3.05) is 0 Å². The van der Waals surface area contributed by atoms with Crippen molar-refractivity contribution in [3.63, 3.8) is 0 Å². The molecule has 0 heterocycles. The van der Waals surface area contributed by atoms with Crippen molar-refractivity contribution in [1.82, 2.24) is 0 Å². The van der Waals surface area contributed by atoms with Crippen LogP contribution in [0.2, 0.25) is 0 Å². The van der Waals surface area contributed by atoms with Gasteiger partial charge in [-0.05, 0) is 41.0 Å². The minimum absolute atomic E-state index is 0.0832. The van der Waals surface area contributed by atoms with E-state index < -0.39 is 0 Å². The molecular formula is C28H26O4. The number of hydrogen-bond donors (Lipinski definition) is 1. The van der Waals surface area contributed by atoms with Gasteiger partial charge in [-0.1, -0.05) is 84.9 Å². The molecule has 0 aliphatic rings. The second-order valence-electron chi connectivity index (χ2n) is 7.04. The largest absolute Gasteiger partial charge is 0.489 e. The second-order valence-corrected chi connectivity index (χ2v) is 7.04. The van der Waals surface area contributed by atoms with E-state index in [9.17, 15) is 4.79 Å². The lowest BCUT2D eigenvalue weighted by Crippen LogP contribution is -1.95. The molecule has 0 spiro atoms. The summed E-state index contributed by atoms with van der Waals surface area (Å²) in [5.41, 5.74) is 3.75. The minimum atomic E-state index is 0.0832. The zero-order valence-electron chi connectivity index (χ0n) is 17.8. The maximum Gasteiger partial charge on any atom is 0.150 e. The van der Waals surface area contributed by atoms with Crippen LogP contribution in [0.15, 0.2) is 109 Å². The summed E-state index contributed by atoms with van der Waals surface area (Å²) in [7, 11) is 0. The molecule has 0 bridgehead atoms. The highest BCUT2D eigenvalue weighted by molar-refractivity contribution is 5.74. The fraction of sp³-hybridized carbons (Fsp3) is 0.107. The summed E-state index contributed by atoms with van der Waals surface area (Å²) >= 11 is 0. The molecule has 0 radical (unpaired) electrons. The highest BCUT2D eigenvalue weighted by Gasteiger charge is 1.97. The average molecular weight is 427 g/mol. The van der Waals surface area contributed by atoms with Crippen LogP contribution in [-0.2, 0) is 19.8 Å². The molecule has 32 heavy (non-hydrogen) atoms. The van der Waals surface area contributed by atoms with E-state index in [1.807, 2.05) is 97.1 Å². The van der Waals surface area contributed by atoms with Crippen molar-refractivity contribution in [2.24, 2.45) is 0 Å². The van der Waals surface area contributed by atoms with Gasteiger partial charge in [0.05, 0.1) is 6.61 Å². The quantitative estimate of drug-likeness (QED) is 0.360. The summed E-state index contributed by atoms with van der Waals surface area (Å²) in [6.07, 6.45) is 0.835. The molecule has 4 nitrogen and oxygen atoms in total. The van der Waals surface area contributed by atoms with Gasteiger partial charge in [-0.15, -0.1) is 0 Å². The van der Waals surface area contributed by atoms with E-state index in [2.05, 4.69) is 0 Å². The third-order valence-corrected chi connectivity index (χ3v) is 4.62. The molecule has 0 saturated carbocycles. The van der Waals surface area contributed by atoms with E-state index in [0.717, 1.165) is 34.5 Å². The number of aliphatic hydroxyl groups excluding tert-OH is 1. The number of aldehydes is 1. The average Bonchev–Trinajstić information content (AvgIpc) is 2.88. The summed E-state index contributed by atoms with van der Waals surface area (Å²) < 4.78 is 11.2. The highest BCUT2D eigenvalue weighted by Crippen LogP contribution is 2.13. The van der Waals surface area contributed by atoms with Gasteiger partial charge in [-0.2, -0.15) is 0 Å². The van der Waals surface area contributed by atoms with E-state index in [4.69, 9.17) is 14.6 Å². The van der Waals surface area contributed by atoms with Gasteiger partial charge in [0, 0.05) is 5.56 Å². The van der Waals surface area contributed by atoms with Crippen molar-refractivity contribution in [2.45, 2.75) is 19.8 Å².